The SMILES string of the molecule is COc1cc(CNCc2noc(-c3ccco3)n2)ccc1OCC=C(C)C. The molecule has 0 aliphatic carbocycles. The zero-order valence-electron chi connectivity index (χ0n) is 15.7. The Morgan fingerprint density at radius 2 is 2.07 bits per heavy atom. The molecule has 27 heavy (non-hydrogen) atoms. The monoisotopic (exact) mass is 369 g/mol. The van der Waals surface area contributed by atoms with Crippen molar-refractivity contribution in [2.75, 3.05) is 13.7 Å². The quantitative estimate of drug-likeness (QED) is 0.571. The number of nitrogens with zero attached hydrogens (tertiary/aromatic N) is 2. The largest absolute Gasteiger partial charge is 0.493 e. The van der Waals surface area contributed by atoms with Crippen LogP contribution >= 0.6 is 0 Å². The van der Waals surface area contributed by atoms with E-state index in [1.54, 1.807) is 25.5 Å². The number of aromatic nitrogens is 2. The smallest absolute Gasteiger partial charge is 0.293 e. The molecular weight excluding hydrogens is 346 g/mol. The van der Waals surface area contributed by atoms with Crippen molar-refractivity contribution in [1.82, 2.24) is 15.5 Å². The number of methoxy groups -OCH3 is 1. The number of rotatable bonds is 9. The number of nitrogens with one attached hydrogen (secondary N) is 1. The van der Waals surface area contributed by atoms with E-state index in [-0.39, 0.29) is 0 Å². The molecule has 0 aliphatic heterocycles. The van der Waals surface area contributed by atoms with Crippen molar-refractivity contribution in [2.24, 2.45) is 0 Å². The first-order valence-electron chi connectivity index (χ1n) is 8.66. The van der Waals surface area contributed by atoms with Crippen molar-refractivity contribution >= 4 is 0 Å². The number of hydrogen-bond donors (Lipinski definition) is 1. The van der Waals surface area contributed by atoms with E-state index in [1.807, 2.05) is 38.1 Å². The number of benzene rings is 1. The molecule has 0 aliphatic rings. The molecule has 0 fully saturated rings. The van der Waals surface area contributed by atoms with Crippen LogP contribution in [0.4, 0.5) is 0 Å². The molecule has 7 nitrogen and oxygen atoms in total. The molecule has 3 aromatic rings. The summed E-state index contributed by atoms with van der Waals surface area (Å²) in [6.07, 6.45) is 3.59. The third-order valence-electron chi connectivity index (χ3n) is 3.77. The van der Waals surface area contributed by atoms with Gasteiger partial charge in [0.25, 0.3) is 5.89 Å². The standard InChI is InChI=1S/C20H23N3O4/c1-14(2)8-10-26-16-7-6-15(11-18(16)24-3)12-21-13-19-22-20(27-23-19)17-5-4-9-25-17/h4-9,11,21H,10,12-13H2,1-3H3. The van der Waals surface area contributed by atoms with Crippen molar-refractivity contribution in [2.45, 2.75) is 26.9 Å². The van der Waals surface area contributed by atoms with Crippen LogP contribution in [0.5, 0.6) is 11.5 Å². The molecule has 7 heteroatoms. The maximum absolute atomic E-state index is 5.74. The van der Waals surface area contributed by atoms with Gasteiger partial charge in [-0.2, -0.15) is 4.98 Å². The van der Waals surface area contributed by atoms with Gasteiger partial charge in [0.2, 0.25) is 0 Å². The lowest BCUT2D eigenvalue weighted by Gasteiger charge is -2.11. The predicted molar refractivity (Wildman–Crippen MR) is 100 cm³/mol. The normalized spacial score (nSPS) is 10.6. The molecule has 2 aromatic heterocycles. The van der Waals surface area contributed by atoms with E-state index in [4.69, 9.17) is 18.4 Å². The van der Waals surface area contributed by atoms with Gasteiger partial charge in [-0.05, 0) is 49.8 Å². The number of allylic oxidation sites excluding steroid dienone is 1. The lowest BCUT2D eigenvalue weighted by atomic mass is 10.2. The molecule has 1 aromatic carbocycles. The molecule has 0 saturated carbocycles. The first kappa shape index (κ1) is 18.7. The van der Waals surface area contributed by atoms with Crippen molar-refractivity contribution < 1.29 is 18.4 Å². The molecule has 0 unspecified atom stereocenters. The Bertz CT molecular complexity index is 881. The molecule has 142 valence electrons. The molecule has 0 radical (unpaired) electrons. The molecule has 1 N–H and O–H groups in total. The summed E-state index contributed by atoms with van der Waals surface area (Å²) in [6, 6.07) is 9.42. The summed E-state index contributed by atoms with van der Waals surface area (Å²) >= 11 is 0. The molecule has 3 rings (SSSR count). The second-order valence-electron chi connectivity index (χ2n) is 6.17. The summed E-state index contributed by atoms with van der Waals surface area (Å²) in [7, 11) is 1.63. The second kappa shape index (κ2) is 9.05. The Labute approximate surface area is 158 Å². The van der Waals surface area contributed by atoms with E-state index in [2.05, 4.69) is 15.5 Å². The van der Waals surface area contributed by atoms with Gasteiger partial charge < -0.3 is 23.7 Å². The van der Waals surface area contributed by atoms with Crippen LogP contribution < -0.4 is 14.8 Å². The Balaban J connectivity index is 1.54. The minimum absolute atomic E-state index is 0.372. The Morgan fingerprint density at radius 3 is 2.81 bits per heavy atom. The van der Waals surface area contributed by atoms with Gasteiger partial charge >= 0.3 is 0 Å². The lowest BCUT2D eigenvalue weighted by Crippen LogP contribution is -2.13. The molecule has 2 heterocycles. The van der Waals surface area contributed by atoms with Gasteiger partial charge in [-0.1, -0.05) is 16.8 Å². The Morgan fingerprint density at radius 1 is 1.19 bits per heavy atom. The van der Waals surface area contributed by atoms with E-state index in [9.17, 15) is 0 Å². The van der Waals surface area contributed by atoms with Gasteiger partial charge in [0.1, 0.15) is 6.61 Å². The van der Waals surface area contributed by atoms with E-state index >= 15 is 0 Å². The van der Waals surface area contributed by atoms with Crippen LogP contribution in [0.15, 0.2) is 57.2 Å². The van der Waals surface area contributed by atoms with Gasteiger partial charge in [0.15, 0.2) is 23.1 Å². The van der Waals surface area contributed by atoms with Crippen molar-refractivity contribution in [3.05, 3.63) is 59.6 Å². The van der Waals surface area contributed by atoms with Gasteiger partial charge in [0.05, 0.1) is 19.9 Å². The van der Waals surface area contributed by atoms with Gasteiger partial charge in [0, 0.05) is 6.54 Å². The summed E-state index contributed by atoms with van der Waals surface area (Å²) in [5.74, 6) is 2.92. The van der Waals surface area contributed by atoms with Crippen LogP contribution in [0.25, 0.3) is 11.7 Å². The summed E-state index contributed by atoms with van der Waals surface area (Å²) in [6.45, 7) is 5.71. The van der Waals surface area contributed by atoms with E-state index in [0.29, 0.717) is 42.9 Å². The highest BCUT2D eigenvalue weighted by atomic mass is 16.5. The third-order valence-corrected chi connectivity index (χ3v) is 3.77. The van der Waals surface area contributed by atoms with E-state index < -0.39 is 0 Å². The topological polar surface area (TPSA) is 82.5 Å². The van der Waals surface area contributed by atoms with Crippen LogP contribution in [0.2, 0.25) is 0 Å². The molecular formula is C20H23N3O4. The molecule has 0 saturated heterocycles. The van der Waals surface area contributed by atoms with Gasteiger partial charge in [-0.3, -0.25) is 0 Å². The predicted octanol–water partition coefficient (Wildman–Crippen LogP) is 3.97. The van der Waals surface area contributed by atoms with E-state index in [0.717, 1.165) is 11.3 Å². The average molecular weight is 369 g/mol. The van der Waals surface area contributed by atoms with Crippen LogP contribution in [0.3, 0.4) is 0 Å². The summed E-state index contributed by atoms with van der Waals surface area (Å²) in [5, 5.41) is 7.22. The van der Waals surface area contributed by atoms with Crippen LogP contribution in [0, 0.1) is 0 Å². The first-order valence-corrected chi connectivity index (χ1v) is 8.66. The van der Waals surface area contributed by atoms with Crippen molar-refractivity contribution in [1.29, 1.82) is 0 Å². The maximum atomic E-state index is 5.74. The van der Waals surface area contributed by atoms with Gasteiger partial charge in [-0.25, -0.2) is 0 Å². The summed E-state index contributed by atoms with van der Waals surface area (Å²) in [5.41, 5.74) is 2.28. The van der Waals surface area contributed by atoms with Crippen molar-refractivity contribution in [3.8, 4) is 23.1 Å². The van der Waals surface area contributed by atoms with Crippen LogP contribution in [-0.2, 0) is 13.1 Å². The fourth-order valence-corrected chi connectivity index (χ4v) is 2.38. The molecule has 0 atom stereocenters. The fraction of sp³-hybridized carbons (Fsp3) is 0.300. The van der Waals surface area contributed by atoms with E-state index in [1.165, 1.54) is 5.57 Å². The van der Waals surface area contributed by atoms with Crippen molar-refractivity contribution in [3.63, 3.8) is 0 Å². The minimum Gasteiger partial charge on any atom is -0.493 e. The third kappa shape index (κ3) is 5.21. The molecule has 0 bridgehead atoms. The first-order chi connectivity index (χ1) is 13.2. The lowest BCUT2D eigenvalue weighted by molar-refractivity contribution is 0.325. The zero-order valence-corrected chi connectivity index (χ0v) is 15.7. The summed E-state index contributed by atoms with van der Waals surface area (Å²) in [4.78, 5) is 4.30. The Kier molecular flexibility index (Phi) is 6.27. The van der Waals surface area contributed by atoms with Crippen LogP contribution in [0.1, 0.15) is 25.2 Å². The molecule has 0 spiro atoms. The van der Waals surface area contributed by atoms with Gasteiger partial charge in [-0.15, -0.1) is 0 Å². The zero-order chi connectivity index (χ0) is 19.1. The highest BCUT2D eigenvalue weighted by molar-refractivity contribution is 5.43. The fourth-order valence-electron chi connectivity index (χ4n) is 2.38. The number of hydrogen-bond acceptors (Lipinski definition) is 7. The Hall–Kier alpha value is -3.06. The average Bonchev–Trinajstić information content (AvgIpc) is 3.33. The highest BCUT2D eigenvalue weighted by Gasteiger charge is 2.11. The number of ether oxygens (including phenoxy) is 2. The highest BCUT2D eigenvalue weighted by Crippen LogP contribution is 2.28. The maximum Gasteiger partial charge on any atom is 0.293 e. The van der Waals surface area contributed by atoms with Crippen LogP contribution in [-0.4, -0.2) is 23.9 Å². The minimum atomic E-state index is 0.372. The summed E-state index contributed by atoms with van der Waals surface area (Å²) < 4.78 is 21.6. The number of furan rings is 1. The molecule has 0 amide bonds. The second-order valence-corrected chi connectivity index (χ2v) is 6.17.